The number of carboxylic acids is 1. The van der Waals surface area contributed by atoms with E-state index in [0.29, 0.717) is 17.5 Å². The van der Waals surface area contributed by atoms with Crippen LogP contribution in [0, 0.1) is 5.41 Å². The predicted molar refractivity (Wildman–Crippen MR) is 79.9 cm³/mol. The topological polar surface area (TPSA) is 78.4 Å². The van der Waals surface area contributed by atoms with Crippen molar-refractivity contribution in [3.05, 3.63) is 0 Å². The van der Waals surface area contributed by atoms with Crippen LogP contribution < -0.4 is 10.6 Å². The molecule has 0 aromatic carbocycles. The summed E-state index contributed by atoms with van der Waals surface area (Å²) in [4.78, 5) is 22.7. The third kappa shape index (κ3) is 4.66. The normalized spacial score (nSPS) is 22.0. The van der Waals surface area contributed by atoms with Crippen molar-refractivity contribution < 1.29 is 14.7 Å². The first kappa shape index (κ1) is 15.6. The molecule has 3 N–H and O–H groups in total. The molecule has 1 saturated heterocycles. The molecule has 2 aliphatic rings. The van der Waals surface area contributed by atoms with Gasteiger partial charge in [0.25, 0.3) is 0 Å². The highest BCUT2D eigenvalue weighted by Gasteiger charge is 2.39. The summed E-state index contributed by atoms with van der Waals surface area (Å²) in [6, 6.07) is 0. The lowest BCUT2D eigenvalue weighted by Gasteiger charge is -2.40. The molecule has 1 saturated carbocycles. The summed E-state index contributed by atoms with van der Waals surface area (Å²) in [5, 5.41) is 15.8. The van der Waals surface area contributed by atoms with Crippen molar-refractivity contribution in [2.24, 2.45) is 5.41 Å². The fourth-order valence-corrected chi connectivity index (χ4v) is 3.96. The lowest BCUT2D eigenvalue weighted by molar-refractivity contribution is -0.141. The summed E-state index contributed by atoms with van der Waals surface area (Å²) in [5.41, 5.74) is -0.180. The fraction of sp³-hybridized carbons (Fsp3) is 0.857. The second-order valence-electron chi connectivity index (χ2n) is 5.96. The maximum absolute atomic E-state index is 11.9. The monoisotopic (exact) mass is 300 g/mol. The van der Waals surface area contributed by atoms with Gasteiger partial charge in [0, 0.05) is 11.8 Å². The molecule has 1 heterocycles. The summed E-state index contributed by atoms with van der Waals surface area (Å²) in [6.45, 7) is 2.60. The zero-order chi connectivity index (χ0) is 14.4. The van der Waals surface area contributed by atoms with E-state index in [4.69, 9.17) is 5.11 Å². The standard InChI is InChI=1S/C14H24N2O3S/c17-12(9-20-11-2-6-15-7-3-11)16-10-14(4-1-5-14)8-13(18)19/h11,15H,1-10H2,(H,16,17)(H,18,19). The quantitative estimate of drug-likeness (QED) is 0.659. The number of rotatable bonds is 7. The highest BCUT2D eigenvalue weighted by Crippen LogP contribution is 2.43. The number of piperidine rings is 1. The Balaban J connectivity index is 1.65. The maximum atomic E-state index is 11.9. The Morgan fingerprint density at radius 1 is 1.30 bits per heavy atom. The Kier molecular flexibility index (Phi) is 5.72. The zero-order valence-corrected chi connectivity index (χ0v) is 12.6. The number of thioether (sulfide) groups is 1. The third-order valence-corrected chi connectivity index (χ3v) is 5.71. The molecule has 6 heteroatoms. The molecule has 0 aromatic heterocycles. The maximum Gasteiger partial charge on any atom is 0.303 e. The molecule has 0 bridgehead atoms. The van der Waals surface area contributed by atoms with E-state index in [-0.39, 0.29) is 17.7 Å². The van der Waals surface area contributed by atoms with Gasteiger partial charge < -0.3 is 15.7 Å². The van der Waals surface area contributed by atoms with E-state index in [1.807, 2.05) is 0 Å². The smallest absolute Gasteiger partial charge is 0.303 e. The predicted octanol–water partition coefficient (Wildman–Crippen LogP) is 1.23. The van der Waals surface area contributed by atoms with E-state index in [9.17, 15) is 9.59 Å². The first-order valence-corrected chi connectivity index (χ1v) is 8.45. The van der Waals surface area contributed by atoms with E-state index in [0.717, 1.165) is 45.2 Å². The van der Waals surface area contributed by atoms with Crippen molar-refractivity contribution in [3.8, 4) is 0 Å². The molecular weight excluding hydrogens is 276 g/mol. The molecule has 0 aromatic rings. The highest BCUT2D eigenvalue weighted by atomic mass is 32.2. The Morgan fingerprint density at radius 2 is 2.00 bits per heavy atom. The van der Waals surface area contributed by atoms with Crippen LogP contribution in [0.5, 0.6) is 0 Å². The van der Waals surface area contributed by atoms with Crippen molar-refractivity contribution in [1.29, 1.82) is 0 Å². The van der Waals surface area contributed by atoms with Crippen LogP contribution in [0.2, 0.25) is 0 Å². The molecule has 1 amide bonds. The SMILES string of the molecule is O=C(O)CC1(CNC(=O)CSC2CCNCC2)CCC1. The molecule has 1 aliphatic heterocycles. The summed E-state index contributed by atoms with van der Waals surface area (Å²) in [6.07, 6.45) is 5.34. The summed E-state index contributed by atoms with van der Waals surface area (Å²) in [5.74, 6) is -0.221. The van der Waals surface area contributed by atoms with Crippen molar-refractivity contribution in [1.82, 2.24) is 10.6 Å². The summed E-state index contributed by atoms with van der Waals surface area (Å²) < 4.78 is 0. The van der Waals surface area contributed by atoms with Crippen molar-refractivity contribution in [2.75, 3.05) is 25.4 Å². The molecule has 0 radical (unpaired) electrons. The molecule has 0 spiro atoms. The molecule has 2 fully saturated rings. The molecule has 0 unspecified atom stereocenters. The van der Waals surface area contributed by atoms with E-state index in [1.54, 1.807) is 11.8 Å². The Labute approximate surface area is 124 Å². The number of aliphatic carboxylic acids is 1. The van der Waals surface area contributed by atoms with E-state index in [2.05, 4.69) is 10.6 Å². The second kappa shape index (κ2) is 7.31. The number of carbonyl (C=O) groups is 2. The van der Waals surface area contributed by atoms with Crippen molar-refractivity contribution in [3.63, 3.8) is 0 Å². The van der Waals surface area contributed by atoms with Crippen LogP contribution >= 0.6 is 11.8 Å². The number of amides is 1. The first-order chi connectivity index (χ1) is 9.60. The van der Waals surface area contributed by atoms with Gasteiger partial charge in [-0.05, 0) is 44.2 Å². The van der Waals surface area contributed by atoms with Crippen molar-refractivity contribution in [2.45, 2.75) is 43.8 Å². The zero-order valence-electron chi connectivity index (χ0n) is 11.8. The summed E-state index contributed by atoms with van der Waals surface area (Å²) in [7, 11) is 0. The van der Waals surface area contributed by atoms with Gasteiger partial charge in [-0.2, -0.15) is 0 Å². The third-order valence-electron chi connectivity index (χ3n) is 4.34. The molecule has 114 valence electrons. The molecular formula is C14H24N2O3S. The highest BCUT2D eigenvalue weighted by molar-refractivity contribution is 8.00. The number of hydrogen-bond donors (Lipinski definition) is 3. The van der Waals surface area contributed by atoms with Crippen LogP contribution in [0.25, 0.3) is 0 Å². The lowest BCUT2D eigenvalue weighted by Crippen LogP contribution is -2.44. The van der Waals surface area contributed by atoms with Crippen LogP contribution in [0.15, 0.2) is 0 Å². The molecule has 20 heavy (non-hydrogen) atoms. The lowest BCUT2D eigenvalue weighted by atomic mass is 9.66. The van der Waals surface area contributed by atoms with Gasteiger partial charge in [-0.15, -0.1) is 11.8 Å². The van der Waals surface area contributed by atoms with Crippen LogP contribution in [-0.2, 0) is 9.59 Å². The van der Waals surface area contributed by atoms with Gasteiger partial charge >= 0.3 is 5.97 Å². The Hall–Kier alpha value is -0.750. The second-order valence-corrected chi connectivity index (χ2v) is 7.25. The first-order valence-electron chi connectivity index (χ1n) is 7.40. The Bertz CT molecular complexity index is 352. The van der Waals surface area contributed by atoms with Gasteiger partial charge in [-0.3, -0.25) is 9.59 Å². The Morgan fingerprint density at radius 3 is 2.55 bits per heavy atom. The van der Waals surface area contributed by atoms with Crippen LogP contribution in [0.1, 0.15) is 38.5 Å². The van der Waals surface area contributed by atoms with Crippen molar-refractivity contribution >= 4 is 23.6 Å². The number of hydrogen-bond acceptors (Lipinski definition) is 4. The van der Waals surface area contributed by atoms with Crippen LogP contribution in [0.3, 0.4) is 0 Å². The minimum absolute atomic E-state index is 0.0465. The molecule has 0 atom stereocenters. The van der Waals surface area contributed by atoms with E-state index < -0.39 is 5.97 Å². The average Bonchev–Trinajstić information content (AvgIpc) is 2.40. The van der Waals surface area contributed by atoms with Gasteiger partial charge in [0.2, 0.25) is 5.91 Å². The van der Waals surface area contributed by atoms with E-state index in [1.165, 1.54) is 0 Å². The van der Waals surface area contributed by atoms with Gasteiger partial charge in [-0.1, -0.05) is 6.42 Å². The van der Waals surface area contributed by atoms with Gasteiger partial charge in [0.05, 0.1) is 12.2 Å². The van der Waals surface area contributed by atoms with Crippen LogP contribution in [0.4, 0.5) is 0 Å². The van der Waals surface area contributed by atoms with Crippen LogP contribution in [-0.4, -0.2) is 47.6 Å². The minimum atomic E-state index is -0.761. The molecule has 1 aliphatic carbocycles. The van der Waals surface area contributed by atoms with E-state index >= 15 is 0 Å². The largest absolute Gasteiger partial charge is 0.481 e. The summed E-state index contributed by atoms with van der Waals surface area (Å²) >= 11 is 1.73. The van der Waals surface area contributed by atoms with Gasteiger partial charge in [0.1, 0.15) is 0 Å². The average molecular weight is 300 g/mol. The number of carbonyl (C=O) groups excluding carboxylic acids is 1. The molecule has 5 nitrogen and oxygen atoms in total. The molecule has 2 rings (SSSR count). The number of carboxylic acid groups (broad SMARTS) is 1. The fourth-order valence-electron chi connectivity index (χ4n) is 2.91. The van der Waals surface area contributed by atoms with Gasteiger partial charge in [-0.25, -0.2) is 0 Å². The number of nitrogens with one attached hydrogen (secondary N) is 2. The minimum Gasteiger partial charge on any atom is -0.481 e. The van der Waals surface area contributed by atoms with Gasteiger partial charge in [0.15, 0.2) is 0 Å².